The van der Waals surface area contributed by atoms with Gasteiger partial charge in [-0.3, -0.25) is 14.5 Å². The molecule has 1 atom stereocenters. The molecule has 6 nitrogen and oxygen atoms in total. The lowest BCUT2D eigenvalue weighted by atomic mass is 10.1. The van der Waals surface area contributed by atoms with Gasteiger partial charge in [-0.1, -0.05) is 30.3 Å². The van der Waals surface area contributed by atoms with Crippen molar-refractivity contribution in [3.8, 4) is 0 Å². The number of aryl methyl sites for hydroxylation is 2. The second kappa shape index (κ2) is 8.95. The molecule has 2 heterocycles. The van der Waals surface area contributed by atoms with Crippen LogP contribution in [0.3, 0.4) is 0 Å². The molecule has 1 aliphatic heterocycles. The molecule has 2 aromatic rings. The van der Waals surface area contributed by atoms with Crippen LogP contribution in [-0.2, 0) is 17.8 Å². The summed E-state index contributed by atoms with van der Waals surface area (Å²) in [6.07, 6.45) is 2.22. The first-order valence-electron chi connectivity index (χ1n) is 9.60. The zero-order chi connectivity index (χ0) is 19.2. The predicted octanol–water partition coefficient (Wildman–Crippen LogP) is 1.96. The Balaban J connectivity index is 1.40. The van der Waals surface area contributed by atoms with Gasteiger partial charge in [-0.2, -0.15) is 0 Å². The molecule has 0 bridgehead atoms. The van der Waals surface area contributed by atoms with Crippen molar-refractivity contribution in [1.82, 2.24) is 20.2 Å². The number of aromatic amines is 1. The third-order valence-corrected chi connectivity index (χ3v) is 5.17. The van der Waals surface area contributed by atoms with Crippen LogP contribution in [0.4, 0.5) is 0 Å². The van der Waals surface area contributed by atoms with Crippen molar-refractivity contribution in [2.24, 2.45) is 5.92 Å². The molecule has 2 N–H and O–H groups in total. The first-order chi connectivity index (χ1) is 13.0. The zero-order valence-electron chi connectivity index (χ0n) is 16.1. The Labute approximate surface area is 160 Å². The Hall–Kier alpha value is -2.47. The number of nitrogens with zero attached hydrogens (tertiary/aromatic N) is 2. The van der Waals surface area contributed by atoms with E-state index < -0.39 is 0 Å². The summed E-state index contributed by atoms with van der Waals surface area (Å²) >= 11 is 0. The molecule has 0 aliphatic carbocycles. The minimum atomic E-state index is -0.220. The summed E-state index contributed by atoms with van der Waals surface area (Å²) < 4.78 is 0. The highest BCUT2D eigenvalue weighted by molar-refractivity contribution is 5.78. The van der Waals surface area contributed by atoms with Crippen LogP contribution in [0.25, 0.3) is 0 Å². The molecule has 1 saturated heterocycles. The lowest BCUT2D eigenvalue weighted by Gasteiger charge is -2.16. The number of benzene rings is 1. The minimum Gasteiger partial charge on any atom is -0.356 e. The van der Waals surface area contributed by atoms with Crippen LogP contribution in [-0.4, -0.2) is 40.4 Å². The maximum Gasteiger partial charge on any atom is 0.254 e. The monoisotopic (exact) mass is 368 g/mol. The molecule has 6 heteroatoms. The van der Waals surface area contributed by atoms with E-state index in [2.05, 4.69) is 44.5 Å². The highest BCUT2D eigenvalue weighted by atomic mass is 16.2. The van der Waals surface area contributed by atoms with E-state index in [1.54, 1.807) is 13.8 Å². The first-order valence-corrected chi connectivity index (χ1v) is 9.60. The molecular formula is C21H28N4O2. The fourth-order valence-electron chi connectivity index (χ4n) is 3.73. The highest BCUT2D eigenvalue weighted by Gasteiger charge is 2.22. The molecule has 0 radical (unpaired) electrons. The second-order valence-electron chi connectivity index (χ2n) is 7.41. The largest absolute Gasteiger partial charge is 0.356 e. The van der Waals surface area contributed by atoms with Gasteiger partial charge in [0.1, 0.15) is 5.82 Å². The van der Waals surface area contributed by atoms with Crippen LogP contribution >= 0.6 is 0 Å². The molecule has 27 heavy (non-hydrogen) atoms. The van der Waals surface area contributed by atoms with Gasteiger partial charge < -0.3 is 10.3 Å². The average Bonchev–Trinajstić information content (AvgIpc) is 3.06. The minimum absolute atomic E-state index is 0.0826. The van der Waals surface area contributed by atoms with E-state index in [1.807, 2.05) is 6.07 Å². The molecule has 1 fully saturated rings. The molecule has 1 aromatic carbocycles. The molecule has 1 aliphatic rings. The van der Waals surface area contributed by atoms with Gasteiger partial charge in [0, 0.05) is 30.9 Å². The lowest BCUT2D eigenvalue weighted by Crippen LogP contribution is -2.31. The van der Waals surface area contributed by atoms with E-state index >= 15 is 0 Å². The zero-order valence-corrected chi connectivity index (χ0v) is 16.1. The summed E-state index contributed by atoms with van der Waals surface area (Å²) in [6.45, 7) is 7.33. The molecule has 1 amide bonds. The lowest BCUT2D eigenvalue weighted by molar-refractivity contribution is -0.120. The Bertz CT molecular complexity index is 832. The fourth-order valence-corrected chi connectivity index (χ4v) is 3.73. The fraction of sp³-hybridized carbons (Fsp3) is 0.476. The Morgan fingerprint density at radius 1 is 1.30 bits per heavy atom. The number of hydrogen-bond acceptors (Lipinski definition) is 4. The number of carbonyl (C=O) groups excluding carboxylic acids is 1. The molecule has 0 spiro atoms. The van der Waals surface area contributed by atoms with Crippen molar-refractivity contribution in [3.05, 3.63) is 63.3 Å². The third-order valence-electron chi connectivity index (χ3n) is 5.17. The standard InChI is InChI=1S/C21H28N4O2/c1-15-19(21(27)24-16(2)23-15)12-20(26)22-10-8-18-9-11-25(14-18)13-17-6-4-3-5-7-17/h3-7,18H,8-14H2,1-2H3,(H,22,26)(H,23,24,27). The molecule has 1 aromatic heterocycles. The van der Waals surface area contributed by atoms with Gasteiger partial charge in [-0.25, -0.2) is 4.98 Å². The second-order valence-corrected chi connectivity index (χ2v) is 7.41. The maximum absolute atomic E-state index is 12.2. The topological polar surface area (TPSA) is 78.1 Å². The van der Waals surface area contributed by atoms with Crippen LogP contribution in [0.1, 0.15) is 35.5 Å². The number of amides is 1. The smallest absolute Gasteiger partial charge is 0.254 e. The van der Waals surface area contributed by atoms with Crippen molar-refractivity contribution < 1.29 is 4.79 Å². The Morgan fingerprint density at radius 2 is 2.07 bits per heavy atom. The van der Waals surface area contributed by atoms with E-state index in [4.69, 9.17) is 0 Å². The Morgan fingerprint density at radius 3 is 2.81 bits per heavy atom. The summed E-state index contributed by atoms with van der Waals surface area (Å²) in [5.41, 5.74) is 2.20. The van der Waals surface area contributed by atoms with Crippen LogP contribution in [0.2, 0.25) is 0 Å². The van der Waals surface area contributed by atoms with Crippen LogP contribution < -0.4 is 10.9 Å². The number of nitrogens with one attached hydrogen (secondary N) is 2. The number of hydrogen-bond donors (Lipinski definition) is 2. The van der Waals surface area contributed by atoms with Gasteiger partial charge in [-0.15, -0.1) is 0 Å². The quantitative estimate of drug-likeness (QED) is 0.783. The van der Waals surface area contributed by atoms with Crippen LogP contribution in [0.15, 0.2) is 35.1 Å². The number of rotatable bonds is 7. The predicted molar refractivity (Wildman–Crippen MR) is 105 cm³/mol. The van der Waals surface area contributed by atoms with E-state index in [-0.39, 0.29) is 17.9 Å². The molecule has 1 unspecified atom stereocenters. The summed E-state index contributed by atoms with van der Waals surface area (Å²) in [5.74, 6) is 1.07. The van der Waals surface area contributed by atoms with E-state index in [0.29, 0.717) is 29.5 Å². The van der Waals surface area contributed by atoms with Gasteiger partial charge in [0.15, 0.2) is 0 Å². The molecular weight excluding hydrogens is 340 g/mol. The number of H-pyrrole nitrogens is 1. The van der Waals surface area contributed by atoms with Crippen molar-refractivity contribution in [1.29, 1.82) is 0 Å². The summed E-state index contributed by atoms with van der Waals surface area (Å²) in [5, 5.41) is 2.95. The normalized spacial score (nSPS) is 17.2. The third kappa shape index (κ3) is 5.50. The summed E-state index contributed by atoms with van der Waals surface area (Å²) in [7, 11) is 0. The number of carbonyl (C=O) groups is 1. The van der Waals surface area contributed by atoms with Crippen molar-refractivity contribution in [2.75, 3.05) is 19.6 Å². The van der Waals surface area contributed by atoms with E-state index in [1.165, 1.54) is 12.0 Å². The van der Waals surface area contributed by atoms with Gasteiger partial charge in [0.05, 0.1) is 6.42 Å². The van der Waals surface area contributed by atoms with Crippen molar-refractivity contribution in [3.63, 3.8) is 0 Å². The summed E-state index contributed by atoms with van der Waals surface area (Å²) in [6, 6.07) is 10.5. The number of likely N-dealkylation sites (tertiary alicyclic amines) is 1. The maximum atomic E-state index is 12.2. The average molecular weight is 368 g/mol. The van der Waals surface area contributed by atoms with Crippen LogP contribution in [0.5, 0.6) is 0 Å². The first kappa shape index (κ1) is 19.3. The molecule has 144 valence electrons. The van der Waals surface area contributed by atoms with E-state index in [9.17, 15) is 9.59 Å². The molecule has 3 rings (SSSR count). The van der Waals surface area contributed by atoms with Gasteiger partial charge in [0.25, 0.3) is 5.56 Å². The highest BCUT2D eigenvalue weighted by Crippen LogP contribution is 2.21. The van der Waals surface area contributed by atoms with E-state index in [0.717, 1.165) is 26.1 Å². The van der Waals surface area contributed by atoms with Crippen LogP contribution in [0, 0.1) is 19.8 Å². The van der Waals surface area contributed by atoms with Gasteiger partial charge in [0.2, 0.25) is 5.91 Å². The number of aromatic nitrogens is 2. The van der Waals surface area contributed by atoms with Crippen molar-refractivity contribution in [2.45, 2.75) is 39.7 Å². The van der Waals surface area contributed by atoms with Gasteiger partial charge in [-0.05, 0) is 44.7 Å². The van der Waals surface area contributed by atoms with Gasteiger partial charge >= 0.3 is 0 Å². The SMILES string of the molecule is Cc1nc(C)c(CC(=O)NCCC2CCN(Cc3ccccc3)C2)c(=O)[nH]1. The molecule has 0 saturated carbocycles. The van der Waals surface area contributed by atoms with Crippen molar-refractivity contribution >= 4 is 5.91 Å². The Kier molecular flexibility index (Phi) is 6.40. The summed E-state index contributed by atoms with van der Waals surface area (Å²) in [4.78, 5) is 33.5.